The molecular formula is C21H32BNO4. The van der Waals surface area contributed by atoms with Crippen molar-refractivity contribution in [2.75, 3.05) is 7.11 Å². The van der Waals surface area contributed by atoms with Crippen molar-refractivity contribution in [3.8, 4) is 5.75 Å². The maximum atomic E-state index is 12.5. The highest BCUT2D eigenvalue weighted by Gasteiger charge is 2.52. The van der Waals surface area contributed by atoms with E-state index in [1.54, 1.807) is 7.11 Å². The number of methoxy groups -OCH3 is 1. The molecule has 1 heterocycles. The lowest BCUT2D eigenvalue weighted by molar-refractivity contribution is -0.121. The van der Waals surface area contributed by atoms with Crippen LogP contribution in [0.4, 0.5) is 0 Å². The van der Waals surface area contributed by atoms with Gasteiger partial charge in [-0.05, 0) is 52.2 Å². The van der Waals surface area contributed by atoms with Gasteiger partial charge in [0.25, 0.3) is 0 Å². The van der Waals surface area contributed by atoms with Gasteiger partial charge in [0, 0.05) is 11.5 Å². The summed E-state index contributed by atoms with van der Waals surface area (Å²) >= 11 is 0. The molecule has 0 unspecified atom stereocenters. The van der Waals surface area contributed by atoms with E-state index in [9.17, 15) is 4.79 Å². The first-order valence-corrected chi connectivity index (χ1v) is 10.0. The number of nitrogens with one attached hydrogen (secondary N) is 1. The van der Waals surface area contributed by atoms with Gasteiger partial charge in [-0.3, -0.25) is 4.79 Å². The van der Waals surface area contributed by atoms with Crippen LogP contribution in [0.3, 0.4) is 0 Å². The second-order valence-corrected chi connectivity index (χ2v) is 8.74. The number of carbonyl (C=O) groups excluding carboxylic acids is 1. The molecule has 0 aromatic heterocycles. The molecule has 1 saturated heterocycles. The highest BCUT2D eigenvalue weighted by Crippen LogP contribution is 2.37. The number of amides is 1. The molecule has 1 N–H and O–H groups in total. The van der Waals surface area contributed by atoms with Crippen molar-refractivity contribution in [1.29, 1.82) is 0 Å². The number of rotatable bonds is 5. The summed E-state index contributed by atoms with van der Waals surface area (Å²) < 4.78 is 17.9. The van der Waals surface area contributed by atoms with Crippen molar-refractivity contribution >= 4 is 18.5 Å². The summed E-state index contributed by atoms with van der Waals surface area (Å²) in [4.78, 5) is 12.5. The van der Waals surface area contributed by atoms with Gasteiger partial charge in [-0.2, -0.15) is 0 Å². The van der Waals surface area contributed by atoms with Gasteiger partial charge >= 0.3 is 7.12 Å². The lowest BCUT2D eigenvalue weighted by Gasteiger charge is -2.32. The smallest absolute Gasteiger partial charge is 0.497 e. The maximum Gasteiger partial charge on any atom is 0.498 e. The average molecular weight is 373 g/mol. The van der Waals surface area contributed by atoms with Crippen molar-refractivity contribution < 1.29 is 18.8 Å². The summed E-state index contributed by atoms with van der Waals surface area (Å²) in [6.07, 6.45) is 6.23. The predicted molar refractivity (Wildman–Crippen MR) is 107 cm³/mol. The van der Waals surface area contributed by atoms with E-state index >= 15 is 0 Å². The molecule has 0 atom stereocenters. The Bertz CT molecular complexity index is 667. The third-order valence-corrected chi connectivity index (χ3v) is 6.14. The Morgan fingerprint density at radius 2 is 1.78 bits per heavy atom. The van der Waals surface area contributed by atoms with E-state index in [2.05, 4.69) is 5.32 Å². The van der Waals surface area contributed by atoms with Gasteiger partial charge in [-0.25, -0.2) is 0 Å². The Hall–Kier alpha value is -1.53. The molecule has 3 rings (SSSR count). The van der Waals surface area contributed by atoms with Crippen LogP contribution in [0, 0.1) is 0 Å². The summed E-state index contributed by atoms with van der Waals surface area (Å²) in [5, 5.41) is 3.18. The number of carbonyl (C=O) groups is 1. The number of benzene rings is 1. The fourth-order valence-corrected chi connectivity index (χ4v) is 3.76. The van der Waals surface area contributed by atoms with Gasteiger partial charge in [-0.15, -0.1) is 0 Å². The van der Waals surface area contributed by atoms with Crippen LogP contribution in [0.15, 0.2) is 18.2 Å². The molecule has 1 saturated carbocycles. The zero-order chi connectivity index (χ0) is 19.7. The van der Waals surface area contributed by atoms with Crippen molar-refractivity contribution in [2.24, 2.45) is 0 Å². The molecule has 2 fully saturated rings. The first-order chi connectivity index (χ1) is 12.7. The number of ether oxygens (including phenoxy) is 1. The van der Waals surface area contributed by atoms with Crippen molar-refractivity contribution in [3.63, 3.8) is 0 Å². The molecule has 0 bridgehead atoms. The SMILES string of the molecule is COc1ccc(CC(=O)NC2CCCCC2)cc1B1OC(C)(C)C(C)(C)O1. The molecule has 27 heavy (non-hydrogen) atoms. The molecule has 6 heteroatoms. The molecule has 0 spiro atoms. The maximum absolute atomic E-state index is 12.5. The Labute approximate surface area is 163 Å². The van der Waals surface area contributed by atoms with Gasteiger partial charge in [0.1, 0.15) is 5.75 Å². The summed E-state index contributed by atoms with van der Waals surface area (Å²) in [7, 11) is 1.13. The zero-order valence-electron chi connectivity index (χ0n) is 17.3. The average Bonchev–Trinajstić information content (AvgIpc) is 2.83. The van der Waals surface area contributed by atoms with Crippen LogP contribution in [0.25, 0.3) is 0 Å². The summed E-state index contributed by atoms with van der Waals surface area (Å²) in [6, 6.07) is 6.13. The first-order valence-electron chi connectivity index (χ1n) is 10.0. The fourth-order valence-electron chi connectivity index (χ4n) is 3.76. The first kappa shape index (κ1) is 20.2. The standard InChI is InChI=1S/C21H32BNO4/c1-20(2)21(3,4)27-22(26-20)17-13-15(11-12-18(17)25-5)14-19(24)23-16-9-7-6-8-10-16/h11-13,16H,6-10,14H2,1-5H3,(H,23,24). The van der Waals surface area contributed by atoms with Gasteiger partial charge in [0.15, 0.2) is 0 Å². The second-order valence-electron chi connectivity index (χ2n) is 8.74. The van der Waals surface area contributed by atoms with Gasteiger partial charge in [-0.1, -0.05) is 31.4 Å². The topological polar surface area (TPSA) is 56.8 Å². The summed E-state index contributed by atoms with van der Waals surface area (Å²) in [5.41, 5.74) is 0.932. The van der Waals surface area contributed by atoms with E-state index in [4.69, 9.17) is 14.0 Å². The molecule has 1 amide bonds. The Morgan fingerprint density at radius 1 is 1.15 bits per heavy atom. The number of hydrogen-bond acceptors (Lipinski definition) is 4. The molecule has 1 aromatic carbocycles. The lowest BCUT2D eigenvalue weighted by atomic mass is 9.77. The molecule has 1 aromatic rings. The second kappa shape index (κ2) is 7.84. The Morgan fingerprint density at radius 3 is 2.37 bits per heavy atom. The van der Waals surface area contributed by atoms with Crippen molar-refractivity contribution in [1.82, 2.24) is 5.32 Å². The monoisotopic (exact) mass is 373 g/mol. The Balaban J connectivity index is 1.73. The molecule has 1 aliphatic carbocycles. The zero-order valence-corrected chi connectivity index (χ0v) is 17.3. The van der Waals surface area contributed by atoms with Crippen LogP contribution in [0.2, 0.25) is 0 Å². The summed E-state index contributed by atoms with van der Waals surface area (Å²) in [5.74, 6) is 0.789. The predicted octanol–water partition coefficient (Wildman–Crippen LogP) is 2.99. The molecule has 1 aliphatic heterocycles. The molecule has 2 aliphatic rings. The third kappa shape index (κ3) is 4.49. The van der Waals surface area contributed by atoms with Crippen LogP contribution in [-0.4, -0.2) is 37.4 Å². The molecular weight excluding hydrogens is 341 g/mol. The quantitative estimate of drug-likeness (QED) is 0.807. The minimum Gasteiger partial charge on any atom is -0.497 e. The van der Waals surface area contributed by atoms with E-state index in [1.807, 2.05) is 45.9 Å². The van der Waals surface area contributed by atoms with Gasteiger partial charge in [0.05, 0.1) is 24.7 Å². The van der Waals surface area contributed by atoms with E-state index in [1.165, 1.54) is 19.3 Å². The van der Waals surface area contributed by atoms with Crippen molar-refractivity contribution in [2.45, 2.75) is 83.5 Å². The highest BCUT2D eigenvalue weighted by atomic mass is 16.7. The lowest BCUT2D eigenvalue weighted by Crippen LogP contribution is -2.41. The van der Waals surface area contributed by atoms with E-state index in [0.717, 1.165) is 23.9 Å². The summed E-state index contributed by atoms with van der Waals surface area (Å²) in [6.45, 7) is 8.11. The van der Waals surface area contributed by atoms with Crippen LogP contribution < -0.4 is 15.5 Å². The minimum atomic E-state index is -0.508. The van der Waals surface area contributed by atoms with Crippen LogP contribution >= 0.6 is 0 Å². The minimum absolute atomic E-state index is 0.0759. The molecule has 0 radical (unpaired) electrons. The van der Waals surface area contributed by atoms with E-state index in [-0.39, 0.29) is 5.91 Å². The van der Waals surface area contributed by atoms with E-state index in [0.29, 0.717) is 18.2 Å². The van der Waals surface area contributed by atoms with E-state index < -0.39 is 18.3 Å². The van der Waals surface area contributed by atoms with Gasteiger partial charge in [0.2, 0.25) is 5.91 Å². The number of hydrogen-bond donors (Lipinski definition) is 1. The van der Waals surface area contributed by atoms with Crippen LogP contribution in [0.1, 0.15) is 65.4 Å². The van der Waals surface area contributed by atoms with Crippen LogP contribution in [-0.2, 0) is 20.5 Å². The van der Waals surface area contributed by atoms with Crippen molar-refractivity contribution in [3.05, 3.63) is 23.8 Å². The fraction of sp³-hybridized carbons (Fsp3) is 0.667. The highest BCUT2D eigenvalue weighted by molar-refractivity contribution is 6.63. The Kier molecular flexibility index (Phi) is 5.87. The van der Waals surface area contributed by atoms with Crippen LogP contribution in [0.5, 0.6) is 5.75 Å². The van der Waals surface area contributed by atoms with Gasteiger partial charge < -0.3 is 19.4 Å². The third-order valence-electron chi connectivity index (χ3n) is 6.14. The normalized spacial score (nSPS) is 21.9. The molecule has 148 valence electrons. The largest absolute Gasteiger partial charge is 0.498 e. The molecule has 5 nitrogen and oxygen atoms in total.